The number of halogens is 3. The van der Waals surface area contributed by atoms with Crippen molar-refractivity contribution in [2.45, 2.75) is 51.9 Å². The molecular weight excluding hydrogens is 503 g/mol. The zero-order valence-electron chi connectivity index (χ0n) is 22.4. The summed E-state index contributed by atoms with van der Waals surface area (Å²) in [7, 11) is 1.47. The quantitative estimate of drug-likeness (QED) is 0.557. The van der Waals surface area contributed by atoms with Gasteiger partial charge in [0, 0.05) is 51.0 Å². The lowest BCUT2D eigenvalue weighted by molar-refractivity contribution is -0.141. The van der Waals surface area contributed by atoms with Crippen molar-refractivity contribution in [3.8, 4) is 0 Å². The molecule has 0 saturated carbocycles. The summed E-state index contributed by atoms with van der Waals surface area (Å²) in [5.74, 6) is -0.794. The third-order valence-electron chi connectivity index (χ3n) is 6.38. The Balaban J connectivity index is 1.97. The third kappa shape index (κ3) is 6.97. The van der Waals surface area contributed by atoms with Crippen molar-refractivity contribution >= 4 is 18.0 Å². The molecule has 1 aromatic rings. The van der Waals surface area contributed by atoms with Crippen LogP contribution >= 0.6 is 0 Å². The molecule has 3 rings (SSSR count). The number of hydrogen-bond donors (Lipinski definition) is 2. The maximum Gasteiger partial charge on any atom is 0.416 e. The largest absolute Gasteiger partial charge is 0.463 e. The highest BCUT2D eigenvalue weighted by Gasteiger charge is 2.42. The van der Waals surface area contributed by atoms with Crippen molar-refractivity contribution in [3.05, 3.63) is 46.7 Å². The first-order valence-electron chi connectivity index (χ1n) is 12.6. The van der Waals surface area contributed by atoms with Crippen LogP contribution in [0, 0.1) is 0 Å². The van der Waals surface area contributed by atoms with Crippen molar-refractivity contribution in [2.24, 2.45) is 0 Å². The van der Waals surface area contributed by atoms with Crippen molar-refractivity contribution in [2.75, 3.05) is 46.4 Å². The molecule has 2 heterocycles. The highest BCUT2D eigenvalue weighted by molar-refractivity contribution is 5.95. The van der Waals surface area contributed by atoms with E-state index in [-0.39, 0.29) is 41.6 Å². The average molecular weight is 540 g/mol. The second-order valence-corrected chi connectivity index (χ2v) is 10.4. The fraction of sp³-hybridized carbons (Fsp3) is 0.577. The van der Waals surface area contributed by atoms with Crippen LogP contribution in [0.3, 0.4) is 0 Å². The predicted molar refractivity (Wildman–Crippen MR) is 135 cm³/mol. The van der Waals surface area contributed by atoms with Crippen LogP contribution in [0.5, 0.6) is 0 Å². The van der Waals surface area contributed by atoms with Gasteiger partial charge in [-0.2, -0.15) is 13.2 Å². The van der Waals surface area contributed by atoms with Gasteiger partial charge in [0.2, 0.25) is 0 Å². The Morgan fingerprint density at radius 3 is 2.42 bits per heavy atom. The summed E-state index contributed by atoms with van der Waals surface area (Å²) in [4.78, 5) is 43.7. The van der Waals surface area contributed by atoms with E-state index in [2.05, 4.69) is 10.6 Å². The Bertz CT molecular complexity index is 1080. The van der Waals surface area contributed by atoms with Gasteiger partial charge >= 0.3 is 24.2 Å². The molecule has 0 aromatic heterocycles. The lowest BCUT2D eigenvalue weighted by Gasteiger charge is -2.37. The highest BCUT2D eigenvalue weighted by atomic mass is 19.4. The molecule has 38 heavy (non-hydrogen) atoms. The molecule has 9 nitrogen and oxygen atoms in total. The molecule has 1 fully saturated rings. The van der Waals surface area contributed by atoms with Crippen molar-refractivity contribution in [1.82, 2.24) is 25.3 Å². The van der Waals surface area contributed by atoms with E-state index in [0.29, 0.717) is 32.6 Å². The Labute approximate surface area is 221 Å². The fourth-order valence-electron chi connectivity index (χ4n) is 4.58. The fourth-order valence-corrected chi connectivity index (χ4v) is 4.58. The molecule has 2 aliphatic heterocycles. The topological polar surface area (TPSA) is 94.2 Å². The van der Waals surface area contributed by atoms with E-state index in [0.717, 1.165) is 6.07 Å². The number of rotatable bonds is 5. The summed E-state index contributed by atoms with van der Waals surface area (Å²) in [5, 5.41) is 5.50. The molecule has 0 bridgehead atoms. The van der Waals surface area contributed by atoms with Gasteiger partial charge in [-0.3, -0.25) is 9.80 Å². The van der Waals surface area contributed by atoms with E-state index in [4.69, 9.17) is 4.74 Å². The van der Waals surface area contributed by atoms with Crippen LogP contribution in [0.4, 0.5) is 22.8 Å². The maximum absolute atomic E-state index is 13.9. The molecule has 4 amide bonds. The number of nitrogens with zero attached hydrogens (tertiary/aromatic N) is 3. The smallest absolute Gasteiger partial charge is 0.416 e. The lowest BCUT2D eigenvalue weighted by atomic mass is 9.90. The van der Waals surface area contributed by atoms with Crippen LogP contribution in [0.2, 0.25) is 0 Å². The zero-order chi connectivity index (χ0) is 28.3. The predicted octanol–water partition coefficient (Wildman–Crippen LogP) is 3.73. The van der Waals surface area contributed by atoms with Gasteiger partial charge in [-0.25, -0.2) is 14.4 Å². The van der Waals surface area contributed by atoms with Crippen LogP contribution in [-0.2, 0) is 15.7 Å². The van der Waals surface area contributed by atoms with Crippen LogP contribution in [0.25, 0.3) is 0 Å². The van der Waals surface area contributed by atoms with Gasteiger partial charge in [-0.05, 0) is 45.7 Å². The SMILES string of the molecule is CCOC(=O)C1=C(CN2CCCN(C(=O)NC(C)(C)C)CC2)N(C)C(=O)N[C@@H]1c1ccccc1C(F)(F)F. The Kier molecular flexibility index (Phi) is 8.96. The Hall–Kier alpha value is -3.28. The summed E-state index contributed by atoms with van der Waals surface area (Å²) in [6, 6.07) is 2.73. The van der Waals surface area contributed by atoms with Gasteiger partial charge in [0.05, 0.1) is 23.8 Å². The molecule has 210 valence electrons. The van der Waals surface area contributed by atoms with E-state index < -0.39 is 29.8 Å². The monoisotopic (exact) mass is 539 g/mol. The van der Waals surface area contributed by atoms with E-state index >= 15 is 0 Å². The summed E-state index contributed by atoms with van der Waals surface area (Å²) < 4.78 is 46.9. The number of carbonyl (C=O) groups excluding carboxylic acids is 3. The molecule has 0 radical (unpaired) electrons. The number of benzene rings is 1. The average Bonchev–Trinajstić information content (AvgIpc) is 3.06. The van der Waals surface area contributed by atoms with Crippen LogP contribution in [0.1, 0.15) is 51.3 Å². The minimum absolute atomic E-state index is 0.0163. The summed E-state index contributed by atoms with van der Waals surface area (Å²) in [6.45, 7) is 9.41. The zero-order valence-corrected chi connectivity index (χ0v) is 22.4. The molecule has 0 spiro atoms. The number of ether oxygens (including phenoxy) is 1. The van der Waals surface area contributed by atoms with Crippen molar-refractivity contribution < 1.29 is 32.3 Å². The number of hydrogen-bond acceptors (Lipinski definition) is 5. The molecule has 12 heteroatoms. The van der Waals surface area contributed by atoms with E-state index in [1.807, 2.05) is 25.7 Å². The van der Waals surface area contributed by atoms with Gasteiger partial charge in [0.1, 0.15) is 0 Å². The molecular formula is C26H36F3N5O4. The van der Waals surface area contributed by atoms with Crippen molar-refractivity contribution in [1.29, 1.82) is 0 Å². The normalized spacial score (nSPS) is 19.7. The highest BCUT2D eigenvalue weighted by Crippen LogP contribution is 2.39. The minimum Gasteiger partial charge on any atom is -0.463 e. The van der Waals surface area contributed by atoms with Crippen LogP contribution in [-0.4, -0.2) is 84.6 Å². The summed E-state index contributed by atoms with van der Waals surface area (Å²) in [6.07, 6.45) is -4.04. The molecule has 1 saturated heterocycles. The molecule has 0 aliphatic carbocycles. The van der Waals surface area contributed by atoms with Crippen LogP contribution < -0.4 is 10.6 Å². The maximum atomic E-state index is 13.9. The first-order chi connectivity index (χ1) is 17.7. The number of likely N-dealkylation sites (N-methyl/N-ethyl adjacent to an activating group) is 1. The number of alkyl halides is 3. The number of nitrogens with one attached hydrogen (secondary N) is 2. The Morgan fingerprint density at radius 1 is 1.11 bits per heavy atom. The molecule has 2 N–H and O–H groups in total. The van der Waals surface area contributed by atoms with Gasteiger partial charge in [0.15, 0.2) is 0 Å². The summed E-state index contributed by atoms with van der Waals surface area (Å²) >= 11 is 0. The Morgan fingerprint density at radius 2 is 1.79 bits per heavy atom. The molecule has 1 atom stereocenters. The van der Waals surface area contributed by atoms with Gasteiger partial charge < -0.3 is 20.3 Å². The first kappa shape index (κ1) is 29.3. The third-order valence-corrected chi connectivity index (χ3v) is 6.38. The molecule has 0 unspecified atom stereocenters. The lowest BCUT2D eigenvalue weighted by Crippen LogP contribution is -2.50. The standard InChI is InChI=1S/C26H36F3N5O4/c1-6-38-22(35)20-19(16-33-12-9-13-34(15-14-33)24(37)31-25(2,3)4)32(5)23(36)30-21(20)17-10-7-8-11-18(17)26(27,28)29/h7-8,10-11,21H,6,9,12-16H2,1-5H3,(H,30,36)(H,31,37)/t21-/m1/s1. The van der Waals surface area contributed by atoms with E-state index in [9.17, 15) is 27.6 Å². The number of amides is 4. The minimum atomic E-state index is -4.69. The summed E-state index contributed by atoms with van der Waals surface area (Å²) in [5.41, 5.74) is -1.34. The molecule has 1 aromatic carbocycles. The first-order valence-corrected chi connectivity index (χ1v) is 12.6. The van der Waals surface area contributed by atoms with E-state index in [1.54, 1.807) is 11.8 Å². The van der Waals surface area contributed by atoms with Gasteiger partial charge in [-0.15, -0.1) is 0 Å². The van der Waals surface area contributed by atoms with Crippen LogP contribution in [0.15, 0.2) is 35.5 Å². The van der Waals surface area contributed by atoms with Gasteiger partial charge in [-0.1, -0.05) is 18.2 Å². The van der Waals surface area contributed by atoms with E-state index in [1.165, 1.54) is 30.1 Å². The number of carbonyl (C=O) groups is 3. The molecule has 2 aliphatic rings. The second-order valence-electron chi connectivity index (χ2n) is 10.4. The number of urea groups is 2. The number of esters is 1. The van der Waals surface area contributed by atoms with Gasteiger partial charge in [0.25, 0.3) is 0 Å². The second kappa shape index (κ2) is 11.6. The van der Waals surface area contributed by atoms with Crippen molar-refractivity contribution in [3.63, 3.8) is 0 Å².